The highest BCUT2D eigenvalue weighted by molar-refractivity contribution is 7.10. The Kier molecular flexibility index (Phi) is 5.89. The number of rotatable bonds is 6. The second-order valence-corrected chi connectivity index (χ2v) is 9.15. The minimum absolute atomic E-state index is 0.0398. The third-order valence-electron chi connectivity index (χ3n) is 6.07. The molecule has 1 saturated heterocycles. The number of aromatic amines is 1. The molecule has 0 saturated carbocycles. The van der Waals surface area contributed by atoms with E-state index in [1.807, 2.05) is 30.5 Å². The first-order valence-electron chi connectivity index (χ1n) is 11.0. The summed E-state index contributed by atoms with van der Waals surface area (Å²) in [6, 6.07) is 11.4. The van der Waals surface area contributed by atoms with Gasteiger partial charge in [0.1, 0.15) is 17.6 Å². The number of aliphatic hydroxyl groups excluding tert-OH is 1. The van der Waals surface area contributed by atoms with Crippen LogP contribution in [0.3, 0.4) is 0 Å². The molecule has 1 atom stereocenters. The summed E-state index contributed by atoms with van der Waals surface area (Å²) in [6.07, 6.45) is 0. The van der Waals surface area contributed by atoms with Gasteiger partial charge in [0.2, 0.25) is 5.95 Å². The van der Waals surface area contributed by atoms with Crippen molar-refractivity contribution in [1.29, 1.82) is 0 Å². The number of hydrogen-bond donors (Lipinski definition) is 2. The molecule has 2 N–H and O–H groups in total. The summed E-state index contributed by atoms with van der Waals surface area (Å²) in [5, 5.41) is 13.2. The summed E-state index contributed by atoms with van der Waals surface area (Å²) < 4.78 is 16.2. The Morgan fingerprint density at radius 1 is 1.03 bits per heavy atom. The number of carbonyl (C=O) groups is 2. The van der Waals surface area contributed by atoms with Gasteiger partial charge in [-0.15, -0.1) is 11.3 Å². The fourth-order valence-electron chi connectivity index (χ4n) is 4.36. The number of aliphatic hydroxyl groups is 1. The lowest BCUT2D eigenvalue weighted by Gasteiger charge is -2.21. The number of thiophene rings is 1. The lowest BCUT2D eigenvalue weighted by Crippen LogP contribution is -2.30. The Morgan fingerprint density at radius 3 is 2.42 bits per heavy atom. The molecule has 1 aliphatic heterocycles. The van der Waals surface area contributed by atoms with Gasteiger partial charge >= 0.3 is 5.91 Å². The van der Waals surface area contributed by atoms with Crippen LogP contribution in [-0.2, 0) is 9.59 Å². The van der Waals surface area contributed by atoms with Crippen molar-refractivity contribution in [3.8, 4) is 17.2 Å². The van der Waals surface area contributed by atoms with Gasteiger partial charge in [0.25, 0.3) is 5.78 Å². The first kappa shape index (κ1) is 23.4. The van der Waals surface area contributed by atoms with Crippen molar-refractivity contribution in [3.63, 3.8) is 0 Å². The van der Waals surface area contributed by atoms with Gasteiger partial charge < -0.3 is 24.3 Å². The highest BCUT2D eigenvalue weighted by Crippen LogP contribution is 2.44. The molecule has 1 fully saturated rings. The number of methoxy groups -OCH3 is 3. The predicted molar refractivity (Wildman–Crippen MR) is 136 cm³/mol. The second-order valence-electron chi connectivity index (χ2n) is 8.17. The minimum atomic E-state index is -0.889. The summed E-state index contributed by atoms with van der Waals surface area (Å²) in [7, 11) is 4.52. The van der Waals surface area contributed by atoms with Crippen molar-refractivity contribution >= 4 is 45.8 Å². The van der Waals surface area contributed by atoms with E-state index in [0.29, 0.717) is 38.7 Å². The largest absolute Gasteiger partial charge is 0.507 e. The van der Waals surface area contributed by atoms with Crippen LogP contribution in [0.1, 0.15) is 22.0 Å². The van der Waals surface area contributed by atoms with E-state index in [4.69, 9.17) is 14.2 Å². The van der Waals surface area contributed by atoms with Crippen LogP contribution in [0.4, 0.5) is 5.95 Å². The van der Waals surface area contributed by atoms with E-state index in [9.17, 15) is 14.7 Å². The number of fused-ring (bicyclic) bond motifs is 1. The highest BCUT2D eigenvalue weighted by Gasteiger charge is 2.49. The van der Waals surface area contributed by atoms with Crippen LogP contribution in [0.5, 0.6) is 17.2 Å². The lowest BCUT2D eigenvalue weighted by molar-refractivity contribution is -0.132. The van der Waals surface area contributed by atoms with E-state index < -0.39 is 17.7 Å². The Labute approximate surface area is 210 Å². The van der Waals surface area contributed by atoms with Gasteiger partial charge in [0.05, 0.1) is 43.5 Å². The van der Waals surface area contributed by atoms with Crippen LogP contribution in [0.15, 0.2) is 53.4 Å². The highest BCUT2D eigenvalue weighted by atomic mass is 32.1. The van der Waals surface area contributed by atoms with Gasteiger partial charge in [-0.25, -0.2) is 4.98 Å². The maximum Gasteiger partial charge on any atom is 0.302 e. The van der Waals surface area contributed by atoms with E-state index >= 15 is 0 Å². The van der Waals surface area contributed by atoms with Crippen LogP contribution in [0, 0.1) is 6.92 Å². The van der Waals surface area contributed by atoms with Crippen LogP contribution < -0.4 is 19.1 Å². The number of imidazole rings is 1. The van der Waals surface area contributed by atoms with E-state index in [1.54, 1.807) is 24.3 Å². The molecular formula is C26H23N3O6S. The third kappa shape index (κ3) is 3.66. The Bertz CT molecular complexity index is 1480. The van der Waals surface area contributed by atoms with E-state index in [-0.39, 0.29) is 17.3 Å². The summed E-state index contributed by atoms with van der Waals surface area (Å²) >= 11 is 1.37. The van der Waals surface area contributed by atoms with Crippen molar-refractivity contribution in [2.75, 3.05) is 26.2 Å². The molecule has 1 amide bonds. The molecule has 5 rings (SSSR count). The first-order valence-corrected chi connectivity index (χ1v) is 11.9. The fraction of sp³-hybridized carbons (Fsp3) is 0.192. The van der Waals surface area contributed by atoms with Crippen LogP contribution in [0.2, 0.25) is 0 Å². The number of H-pyrrole nitrogens is 1. The number of ketones is 1. The van der Waals surface area contributed by atoms with Gasteiger partial charge in [-0.2, -0.15) is 0 Å². The zero-order valence-electron chi connectivity index (χ0n) is 20.0. The smallest absolute Gasteiger partial charge is 0.302 e. The van der Waals surface area contributed by atoms with Gasteiger partial charge in [0.15, 0.2) is 11.5 Å². The minimum Gasteiger partial charge on any atom is -0.507 e. The summed E-state index contributed by atoms with van der Waals surface area (Å²) in [6.45, 7) is 1.86. The van der Waals surface area contributed by atoms with Crippen molar-refractivity contribution in [2.45, 2.75) is 13.0 Å². The molecule has 3 heterocycles. The van der Waals surface area contributed by atoms with Gasteiger partial charge in [0, 0.05) is 17.0 Å². The SMILES string of the molecule is COc1cc2nc(N3C(=O)C(=O)/C(=C(/O)c4cc(C)ccc4OC)C3c3cccs3)[nH]c2cc1OC. The second kappa shape index (κ2) is 9.04. The molecular weight excluding hydrogens is 482 g/mol. The number of Topliss-reactive ketones (excluding diaryl/α,β-unsaturated/α-hetero) is 1. The average Bonchev–Trinajstić information content (AvgIpc) is 3.61. The molecule has 0 aliphatic carbocycles. The number of benzene rings is 2. The zero-order chi connectivity index (χ0) is 25.6. The zero-order valence-corrected chi connectivity index (χ0v) is 20.8. The number of hydrogen-bond acceptors (Lipinski definition) is 8. The molecule has 4 aromatic rings. The Morgan fingerprint density at radius 2 is 1.75 bits per heavy atom. The molecule has 36 heavy (non-hydrogen) atoms. The summed E-state index contributed by atoms with van der Waals surface area (Å²) in [4.78, 5) is 36.4. The number of anilines is 1. The van der Waals surface area contributed by atoms with E-state index in [2.05, 4.69) is 9.97 Å². The van der Waals surface area contributed by atoms with E-state index in [0.717, 1.165) is 5.56 Å². The number of nitrogens with zero attached hydrogens (tertiary/aromatic N) is 2. The van der Waals surface area contributed by atoms with Gasteiger partial charge in [-0.3, -0.25) is 14.5 Å². The Hall–Kier alpha value is -4.31. The van der Waals surface area contributed by atoms with Crippen molar-refractivity contribution in [1.82, 2.24) is 9.97 Å². The molecule has 0 radical (unpaired) electrons. The van der Waals surface area contributed by atoms with E-state index in [1.165, 1.54) is 37.6 Å². The summed E-state index contributed by atoms with van der Waals surface area (Å²) in [5.41, 5.74) is 2.27. The molecule has 10 heteroatoms. The van der Waals surface area contributed by atoms with Crippen LogP contribution >= 0.6 is 11.3 Å². The number of amides is 1. The quantitative estimate of drug-likeness (QED) is 0.224. The van der Waals surface area contributed by atoms with Gasteiger partial charge in [-0.1, -0.05) is 17.7 Å². The first-order chi connectivity index (χ1) is 17.4. The fourth-order valence-corrected chi connectivity index (χ4v) is 5.18. The maximum atomic E-state index is 13.4. The predicted octanol–water partition coefficient (Wildman–Crippen LogP) is 4.58. The maximum absolute atomic E-state index is 13.4. The van der Waals surface area contributed by atoms with Gasteiger partial charge in [-0.05, 0) is 30.5 Å². The number of nitrogens with one attached hydrogen (secondary N) is 1. The molecule has 0 spiro atoms. The number of carbonyl (C=O) groups excluding carboxylic acids is 2. The molecule has 184 valence electrons. The lowest BCUT2D eigenvalue weighted by atomic mass is 9.98. The molecule has 9 nitrogen and oxygen atoms in total. The van der Waals surface area contributed by atoms with Crippen molar-refractivity contribution < 1.29 is 28.9 Å². The molecule has 2 aromatic heterocycles. The monoisotopic (exact) mass is 505 g/mol. The standard InChI is InChI=1S/C26H23N3O6S/c1-13-7-8-17(33-2)14(10-13)23(30)21-22(20-6-5-9-36-20)29(25(32)24(21)31)26-27-15-11-18(34-3)19(35-4)12-16(15)28-26/h5-12,22,30H,1-4H3,(H,27,28)/b23-21+. The number of aromatic nitrogens is 2. The van der Waals surface area contributed by atoms with Crippen LogP contribution in [0.25, 0.3) is 16.8 Å². The number of aryl methyl sites for hydroxylation is 1. The number of ether oxygens (including phenoxy) is 3. The van der Waals surface area contributed by atoms with Crippen molar-refractivity contribution in [3.05, 3.63) is 69.4 Å². The normalized spacial score (nSPS) is 17.1. The molecule has 0 bridgehead atoms. The molecule has 2 aromatic carbocycles. The van der Waals surface area contributed by atoms with Crippen LogP contribution in [-0.4, -0.2) is 48.1 Å². The average molecular weight is 506 g/mol. The topological polar surface area (TPSA) is 114 Å². The summed E-state index contributed by atoms with van der Waals surface area (Å²) in [5.74, 6) is -0.415. The molecule has 1 unspecified atom stereocenters. The Balaban J connectivity index is 1.72. The van der Waals surface area contributed by atoms with Crippen molar-refractivity contribution in [2.24, 2.45) is 0 Å². The molecule has 1 aliphatic rings. The third-order valence-corrected chi connectivity index (χ3v) is 6.99.